The Labute approximate surface area is 165 Å². The molecule has 0 saturated heterocycles. The van der Waals surface area contributed by atoms with Crippen molar-refractivity contribution in [3.05, 3.63) is 105 Å². The molecule has 142 valence electrons. The van der Waals surface area contributed by atoms with Gasteiger partial charge in [0.05, 0.1) is 21.5 Å². The summed E-state index contributed by atoms with van der Waals surface area (Å²) in [5, 5.41) is 21.1. The van der Waals surface area contributed by atoms with E-state index >= 15 is 0 Å². The first-order chi connectivity index (χ1) is 14.0. The lowest BCUT2D eigenvalue weighted by molar-refractivity contribution is -0.384. The van der Waals surface area contributed by atoms with Gasteiger partial charge in [0.1, 0.15) is 11.6 Å². The number of para-hydroxylation sites is 1. The van der Waals surface area contributed by atoms with Crippen molar-refractivity contribution in [1.29, 1.82) is 0 Å². The lowest BCUT2D eigenvalue weighted by Crippen LogP contribution is -2.22. The fourth-order valence-corrected chi connectivity index (χ4v) is 3.02. The summed E-state index contributed by atoms with van der Waals surface area (Å²) in [6, 6.07) is 19.5. The number of phenolic OH excluding ortho intramolecular Hbond substituents is 1. The van der Waals surface area contributed by atoms with Crippen molar-refractivity contribution < 1.29 is 10.0 Å². The predicted octanol–water partition coefficient (Wildman–Crippen LogP) is 4.17. The Kier molecular flexibility index (Phi) is 4.62. The van der Waals surface area contributed by atoms with Crippen molar-refractivity contribution in [3.63, 3.8) is 0 Å². The fourth-order valence-electron chi connectivity index (χ4n) is 3.02. The van der Waals surface area contributed by atoms with E-state index in [1.165, 1.54) is 28.8 Å². The van der Waals surface area contributed by atoms with Gasteiger partial charge < -0.3 is 5.11 Å². The zero-order chi connectivity index (χ0) is 20.4. The van der Waals surface area contributed by atoms with Crippen molar-refractivity contribution in [2.45, 2.75) is 0 Å². The molecular weight excluding hydrogens is 370 g/mol. The summed E-state index contributed by atoms with van der Waals surface area (Å²) in [5.74, 6) is 0.408. The van der Waals surface area contributed by atoms with Gasteiger partial charge in [-0.15, -0.1) is 0 Å². The average Bonchev–Trinajstić information content (AvgIpc) is 2.72. The zero-order valence-corrected chi connectivity index (χ0v) is 15.1. The minimum absolute atomic E-state index is 0.00245. The molecule has 0 radical (unpaired) electrons. The summed E-state index contributed by atoms with van der Waals surface area (Å²) >= 11 is 0. The van der Waals surface area contributed by atoms with Crippen molar-refractivity contribution in [2.24, 2.45) is 0 Å². The molecule has 1 N–H and O–H groups in total. The predicted molar refractivity (Wildman–Crippen MR) is 111 cm³/mol. The van der Waals surface area contributed by atoms with Crippen LogP contribution < -0.4 is 5.56 Å². The number of fused-ring (bicyclic) bond motifs is 1. The number of nitro groups is 1. The molecule has 4 rings (SSSR count). The maximum Gasteiger partial charge on any atom is 0.269 e. The lowest BCUT2D eigenvalue weighted by Gasteiger charge is -2.11. The van der Waals surface area contributed by atoms with Crippen LogP contribution in [-0.2, 0) is 0 Å². The first kappa shape index (κ1) is 18.1. The Bertz CT molecular complexity index is 1310. The number of rotatable bonds is 4. The van der Waals surface area contributed by atoms with E-state index in [-0.39, 0.29) is 17.0 Å². The topological polar surface area (TPSA) is 98.3 Å². The number of hydrogen-bond acceptors (Lipinski definition) is 5. The van der Waals surface area contributed by atoms with Crippen molar-refractivity contribution in [1.82, 2.24) is 9.55 Å². The van der Waals surface area contributed by atoms with Crippen molar-refractivity contribution in [2.75, 3.05) is 0 Å². The fraction of sp³-hybridized carbons (Fsp3) is 0. The van der Waals surface area contributed by atoms with E-state index in [1.807, 2.05) is 0 Å². The number of benzene rings is 3. The Morgan fingerprint density at radius 3 is 2.45 bits per heavy atom. The summed E-state index contributed by atoms with van der Waals surface area (Å²) in [4.78, 5) is 28.1. The maximum atomic E-state index is 13.1. The molecule has 7 nitrogen and oxygen atoms in total. The van der Waals surface area contributed by atoms with Crippen molar-refractivity contribution >= 4 is 28.7 Å². The van der Waals surface area contributed by atoms with Gasteiger partial charge in [-0.25, -0.2) is 4.98 Å². The SMILES string of the molecule is O=c1c2ccccc2nc(C=Cc2ccc([N+](=O)[O-])cc2)n1-c1cccc(O)c1. The minimum atomic E-state index is -0.460. The van der Waals surface area contributed by atoms with Crippen LogP contribution in [0.2, 0.25) is 0 Å². The normalized spacial score (nSPS) is 11.2. The molecule has 29 heavy (non-hydrogen) atoms. The number of nitro benzene ring substituents is 1. The molecule has 0 bridgehead atoms. The Hall–Kier alpha value is -4.26. The molecule has 0 spiro atoms. The highest BCUT2D eigenvalue weighted by Gasteiger charge is 2.11. The molecule has 0 aliphatic rings. The first-order valence-electron chi connectivity index (χ1n) is 8.77. The summed E-state index contributed by atoms with van der Waals surface area (Å²) in [6.45, 7) is 0. The summed E-state index contributed by atoms with van der Waals surface area (Å²) in [6.07, 6.45) is 3.39. The Morgan fingerprint density at radius 1 is 0.966 bits per heavy atom. The minimum Gasteiger partial charge on any atom is -0.508 e. The molecule has 7 heteroatoms. The van der Waals surface area contributed by atoms with E-state index in [0.717, 1.165) is 5.56 Å². The highest BCUT2D eigenvalue weighted by molar-refractivity contribution is 5.80. The molecule has 1 aromatic heterocycles. The number of hydrogen-bond donors (Lipinski definition) is 1. The van der Waals surface area contributed by atoms with Crippen LogP contribution in [0.3, 0.4) is 0 Å². The van der Waals surface area contributed by atoms with Crippen LogP contribution >= 0.6 is 0 Å². The van der Waals surface area contributed by atoms with E-state index in [9.17, 15) is 20.0 Å². The third-order valence-electron chi connectivity index (χ3n) is 4.42. The third kappa shape index (κ3) is 3.61. The van der Waals surface area contributed by atoms with Crippen LogP contribution in [0, 0.1) is 10.1 Å². The zero-order valence-electron chi connectivity index (χ0n) is 15.1. The molecule has 0 aliphatic carbocycles. The second-order valence-electron chi connectivity index (χ2n) is 6.33. The van der Waals surface area contributed by atoms with Gasteiger partial charge in [0, 0.05) is 18.2 Å². The molecule has 4 aromatic rings. The maximum absolute atomic E-state index is 13.1. The van der Waals surface area contributed by atoms with Crippen LogP contribution in [0.1, 0.15) is 11.4 Å². The third-order valence-corrected chi connectivity index (χ3v) is 4.42. The van der Waals surface area contributed by atoms with E-state index < -0.39 is 4.92 Å². The number of non-ortho nitro benzene ring substituents is 1. The van der Waals surface area contributed by atoms with Crippen LogP contribution in [0.4, 0.5) is 5.69 Å². The van der Waals surface area contributed by atoms with Gasteiger partial charge >= 0.3 is 0 Å². The number of nitrogens with zero attached hydrogens (tertiary/aromatic N) is 3. The summed E-state index contributed by atoms with van der Waals surface area (Å²) < 4.78 is 1.42. The molecule has 0 unspecified atom stereocenters. The molecule has 0 fully saturated rings. The summed E-state index contributed by atoms with van der Waals surface area (Å²) in [7, 11) is 0. The Balaban J connectivity index is 1.87. The lowest BCUT2D eigenvalue weighted by atomic mass is 10.2. The molecule has 1 heterocycles. The molecule has 0 amide bonds. The van der Waals surface area contributed by atoms with E-state index in [1.54, 1.807) is 60.7 Å². The highest BCUT2D eigenvalue weighted by Crippen LogP contribution is 2.19. The van der Waals surface area contributed by atoms with E-state index in [0.29, 0.717) is 22.4 Å². The quantitative estimate of drug-likeness (QED) is 0.420. The van der Waals surface area contributed by atoms with E-state index in [4.69, 9.17) is 0 Å². The second kappa shape index (κ2) is 7.40. The number of aromatic hydroxyl groups is 1. The van der Waals surface area contributed by atoms with Gasteiger partial charge in [0.2, 0.25) is 0 Å². The van der Waals surface area contributed by atoms with Gasteiger partial charge in [-0.3, -0.25) is 19.5 Å². The number of phenols is 1. The highest BCUT2D eigenvalue weighted by atomic mass is 16.6. The smallest absolute Gasteiger partial charge is 0.269 e. The van der Waals surface area contributed by atoms with Crippen LogP contribution in [0.15, 0.2) is 77.6 Å². The van der Waals surface area contributed by atoms with Gasteiger partial charge in [-0.2, -0.15) is 0 Å². The largest absolute Gasteiger partial charge is 0.508 e. The van der Waals surface area contributed by atoms with Crippen molar-refractivity contribution in [3.8, 4) is 11.4 Å². The molecule has 3 aromatic carbocycles. The molecule has 0 atom stereocenters. The van der Waals surface area contributed by atoms with Gasteiger partial charge in [-0.05, 0) is 48.0 Å². The van der Waals surface area contributed by atoms with Crippen LogP contribution in [0.25, 0.3) is 28.7 Å². The standard InChI is InChI=1S/C22H15N3O4/c26-18-5-3-4-17(14-18)24-21(23-20-7-2-1-6-19(20)22(24)27)13-10-15-8-11-16(12-9-15)25(28)29/h1-14,26H. The van der Waals surface area contributed by atoms with Crippen LogP contribution in [0.5, 0.6) is 5.75 Å². The van der Waals surface area contributed by atoms with Crippen LogP contribution in [-0.4, -0.2) is 19.6 Å². The van der Waals surface area contributed by atoms with Gasteiger partial charge in [0.15, 0.2) is 0 Å². The van der Waals surface area contributed by atoms with Gasteiger partial charge in [-0.1, -0.05) is 24.3 Å². The molecule has 0 saturated carbocycles. The second-order valence-corrected chi connectivity index (χ2v) is 6.33. The Morgan fingerprint density at radius 2 is 1.72 bits per heavy atom. The monoisotopic (exact) mass is 385 g/mol. The molecular formula is C22H15N3O4. The molecule has 0 aliphatic heterocycles. The van der Waals surface area contributed by atoms with Gasteiger partial charge in [0.25, 0.3) is 11.2 Å². The van der Waals surface area contributed by atoms with E-state index in [2.05, 4.69) is 4.98 Å². The first-order valence-corrected chi connectivity index (χ1v) is 8.77. The number of aromatic nitrogens is 2. The summed E-state index contributed by atoms with van der Waals surface area (Å²) in [5.41, 5.74) is 1.50. The average molecular weight is 385 g/mol.